The summed E-state index contributed by atoms with van der Waals surface area (Å²) in [6.07, 6.45) is 6.83. The van der Waals surface area contributed by atoms with Crippen LogP contribution in [-0.2, 0) is 4.79 Å². The van der Waals surface area contributed by atoms with Gasteiger partial charge in [-0.05, 0) is 80.4 Å². The monoisotopic (exact) mass is 631 g/mol. The molecule has 10 heteroatoms. The van der Waals surface area contributed by atoms with E-state index >= 15 is 0 Å². The molecule has 7 nitrogen and oxygen atoms in total. The number of likely N-dealkylation sites (tertiary alicyclic amines) is 1. The third-order valence-corrected chi connectivity index (χ3v) is 11.0. The van der Waals surface area contributed by atoms with Crippen LogP contribution in [-0.4, -0.2) is 76.1 Å². The number of aromatic nitrogens is 2. The maximum atomic E-state index is 14.6. The van der Waals surface area contributed by atoms with Gasteiger partial charge in [-0.25, -0.2) is 4.39 Å². The van der Waals surface area contributed by atoms with E-state index in [0.29, 0.717) is 47.2 Å². The summed E-state index contributed by atoms with van der Waals surface area (Å²) in [5.74, 6) is 0.231. The highest BCUT2D eigenvalue weighted by Gasteiger charge is 2.49. The van der Waals surface area contributed by atoms with Gasteiger partial charge in [-0.2, -0.15) is 9.97 Å². The van der Waals surface area contributed by atoms with Gasteiger partial charge in [-0.15, -0.1) is 0 Å². The van der Waals surface area contributed by atoms with Gasteiger partial charge >= 0.3 is 6.01 Å². The van der Waals surface area contributed by atoms with Gasteiger partial charge in [-0.3, -0.25) is 9.69 Å². The largest absolute Gasteiger partial charge is 0.461 e. The predicted molar refractivity (Wildman–Crippen MR) is 172 cm³/mol. The molecule has 4 aliphatic heterocycles. The number of rotatable bonds is 6. The second-order valence-corrected chi connectivity index (χ2v) is 13.2. The summed E-state index contributed by atoms with van der Waals surface area (Å²) in [4.78, 5) is 29.1. The molecule has 0 bridgehead atoms. The number of carbonyl (C=O) groups excluding carboxylic acids is 1. The molecule has 1 unspecified atom stereocenters. The number of benzene rings is 3. The van der Waals surface area contributed by atoms with Gasteiger partial charge in [0, 0.05) is 34.4 Å². The number of amides is 1. The first-order chi connectivity index (χ1) is 21.4. The molecule has 44 heavy (non-hydrogen) atoms. The van der Waals surface area contributed by atoms with Gasteiger partial charge in [0.05, 0.1) is 28.2 Å². The number of nitrogens with zero attached hydrogens (tertiary/aromatic N) is 5. The van der Waals surface area contributed by atoms with E-state index in [1.54, 1.807) is 6.07 Å². The third-order valence-electron chi connectivity index (χ3n) is 10.3. The Kier molecular flexibility index (Phi) is 6.74. The zero-order chi connectivity index (χ0) is 30.2. The normalized spacial score (nSPS) is 22.3. The molecule has 4 aliphatic rings. The number of hydrogen-bond acceptors (Lipinski definition) is 6. The molecule has 4 saturated heterocycles. The molecule has 8 rings (SSSR count). The van der Waals surface area contributed by atoms with E-state index < -0.39 is 5.82 Å². The van der Waals surface area contributed by atoms with E-state index in [-0.39, 0.29) is 28.6 Å². The zero-order valence-corrected chi connectivity index (χ0v) is 25.7. The Morgan fingerprint density at radius 1 is 1.07 bits per heavy atom. The quantitative estimate of drug-likeness (QED) is 0.216. The van der Waals surface area contributed by atoms with Crippen molar-refractivity contribution in [2.45, 2.75) is 49.7 Å². The third kappa shape index (κ3) is 4.29. The lowest BCUT2D eigenvalue weighted by molar-refractivity contribution is -0.127. The first-order valence-corrected chi connectivity index (χ1v) is 16.1. The van der Waals surface area contributed by atoms with Crippen LogP contribution in [0.4, 0.5) is 10.2 Å². The fraction of sp³-hybridized carbons (Fsp3) is 0.382. The Hall–Kier alpha value is -3.46. The van der Waals surface area contributed by atoms with Crippen molar-refractivity contribution in [2.24, 2.45) is 0 Å². The summed E-state index contributed by atoms with van der Waals surface area (Å²) in [6.45, 7) is 7.79. The van der Waals surface area contributed by atoms with E-state index in [1.807, 2.05) is 35.2 Å². The van der Waals surface area contributed by atoms with E-state index in [1.165, 1.54) is 25.0 Å². The van der Waals surface area contributed by atoms with Crippen LogP contribution >= 0.6 is 23.2 Å². The number of hydrogen-bond donors (Lipinski definition) is 0. The second kappa shape index (κ2) is 10.6. The molecule has 1 aromatic heterocycles. The molecule has 0 aliphatic carbocycles. The zero-order valence-electron chi connectivity index (χ0n) is 24.2. The van der Waals surface area contributed by atoms with Crippen molar-refractivity contribution >= 4 is 56.6 Å². The molecule has 4 fully saturated rings. The molecule has 2 atom stereocenters. The predicted octanol–water partition coefficient (Wildman–Crippen LogP) is 6.88. The molecule has 0 saturated carbocycles. The van der Waals surface area contributed by atoms with Gasteiger partial charge in [-0.1, -0.05) is 54.0 Å². The number of anilines is 1. The Morgan fingerprint density at radius 2 is 1.89 bits per heavy atom. The van der Waals surface area contributed by atoms with Crippen LogP contribution < -0.4 is 9.64 Å². The number of halogens is 3. The van der Waals surface area contributed by atoms with Gasteiger partial charge in [0.15, 0.2) is 0 Å². The minimum Gasteiger partial charge on any atom is -0.461 e. The van der Waals surface area contributed by atoms with Crippen LogP contribution in [0.5, 0.6) is 6.01 Å². The highest BCUT2D eigenvalue weighted by molar-refractivity contribution is 6.38. The van der Waals surface area contributed by atoms with Crippen molar-refractivity contribution in [1.82, 2.24) is 19.8 Å². The minimum absolute atomic E-state index is 0.0384. The Balaban J connectivity index is 1.23. The number of ether oxygens (including phenoxy) is 1. The van der Waals surface area contributed by atoms with Crippen molar-refractivity contribution < 1.29 is 13.9 Å². The first kappa shape index (κ1) is 28.0. The minimum atomic E-state index is -0.482. The highest BCUT2D eigenvalue weighted by atomic mass is 35.5. The fourth-order valence-corrected chi connectivity index (χ4v) is 8.59. The molecule has 1 amide bonds. The Morgan fingerprint density at radius 3 is 2.68 bits per heavy atom. The van der Waals surface area contributed by atoms with Crippen molar-refractivity contribution in [3.63, 3.8) is 0 Å². The van der Waals surface area contributed by atoms with Crippen LogP contribution in [0.15, 0.2) is 55.1 Å². The van der Waals surface area contributed by atoms with Crippen molar-refractivity contribution in [2.75, 3.05) is 37.7 Å². The van der Waals surface area contributed by atoms with Crippen molar-refractivity contribution in [3.8, 4) is 17.1 Å². The van der Waals surface area contributed by atoms with Crippen LogP contribution in [0.2, 0.25) is 10.0 Å². The van der Waals surface area contributed by atoms with Crippen LogP contribution in [0.1, 0.15) is 32.1 Å². The average molecular weight is 633 g/mol. The summed E-state index contributed by atoms with van der Waals surface area (Å²) in [5, 5.41) is 2.77. The topological polar surface area (TPSA) is 61.8 Å². The Bertz CT molecular complexity index is 1840. The SMILES string of the molecule is C=CC(=O)N1CCC2[C@H]1CN2c1nc(OCC23CCCN2CCC3)nc2cc(-c3cccc4ccc(F)c(Cl)c34)c(Cl)cc12. The lowest BCUT2D eigenvalue weighted by Crippen LogP contribution is -2.63. The molecule has 0 spiro atoms. The Labute approximate surface area is 265 Å². The molecule has 226 valence electrons. The maximum Gasteiger partial charge on any atom is 0.319 e. The highest BCUT2D eigenvalue weighted by Crippen LogP contribution is 2.44. The van der Waals surface area contributed by atoms with Gasteiger partial charge in [0.2, 0.25) is 5.91 Å². The summed E-state index contributed by atoms with van der Waals surface area (Å²) in [7, 11) is 0. The molecular weight excluding hydrogens is 600 g/mol. The van der Waals surface area contributed by atoms with Crippen molar-refractivity contribution in [3.05, 3.63) is 71.0 Å². The standard InChI is InChI=1S/C34H32Cl2FN5O2/c1-2-29(43)41-15-10-27-28(41)18-42(27)32-23-16-24(35)22(21-7-3-6-20-8-9-25(37)31(36)30(20)21)17-26(23)38-33(39-32)44-19-34-11-4-13-40(34)14-5-12-34/h2-3,6-9,16-17,27-28H,1,4-5,10-15,18-19H2/t27?,28-/m1/s1. The lowest BCUT2D eigenvalue weighted by atomic mass is 9.95. The van der Waals surface area contributed by atoms with Crippen molar-refractivity contribution in [1.29, 1.82) is 0 Å². The summed E-state index contributed by atoms with van der Waals surface area (Å²) in [5.41, 5.74) is 2.16. The van der Waals surface area contributed by atoms with Crippen LogP contribution in [0, 0.1) is 5.82 Å². The molecule has 0 radical (unpaired) electrons. The summed E-state index contributed by atoms with van der Waals surface area (Å²) in [6, 6.07) is 13.2. The van der Waals surface area contributed by atoms with E-state index in [0.717, 1.165) is 54.5 Å². The molecule has 0 N–H and O–H groups in total. The molecule has 4 aromatic rings. The number of fused-ring (bicyclic) bond motifs is 4. The average Bonchev–Trinajstić information content (AvgIpc) is 3.70. The van der Waals surface area contributed by atoms with E-state index in [9.17, 15) is 9.18 Å². The van der Waals surface area contributed by atoms with Gasteiger partial charge in [0.1, 0.15) is 18.2 Å². The van der Waals surface area contributed by atoms with Gasteiger partial charge < -0.3 is 14.5 Å². The fourth-order valence-electron chi connectivity index (χ4n) is 8.05. The smallest absolute Gasteiger partial charge is 0.319 e. The molecule has 5 heterocycles. The van der Waals surface area contributed by atoms with E-state index in [2.05, 4.69) is 16.4 Å². The molecule has 3 aromatic carbocycles. The maximum absolute atomic E-state index is 14.6. The van der Waals surface area contributed by atoms with Gasteiger partial charge in [0.25, 0.3) is 0 Å². The van der Waals surface area contributed by atoms with E-state index in [4.69, 9.17) is 37.9 Å². The lowest BCUT2D eigenvalue weighted by Gasteiger charge is -2.47. The summed E-state index contributed by atoms with van der Waals surface area (Å²) < 4.78 is 21.1. The van der Waals surface area contributed by atoms with Crippen LogP contribution in [0.3, 0.4) is 0 Å². The van der Waals surface area contributed by atoms with Crippen LogP contribution in [0.25, 0.3) is 32.8 Å². The molecular formula is C34H32Cl2FN5O2. The first-order valence-electron chi connectivity index (χ1n) is 15.3. The number of carbonyl (C=O) groups is 1. The summed E-state index contributed by atoms with van der Waals surface area (Å²) >= 11 is 13.5. The second-order valence-electron chi connectivity index (χ2n) is 12.5.